The largest absolute Gasteiger partial charge is 0.495 e. The van der Waals surface area contributed by atoms with Gasteiger partial charge in [0, 0.05) is 5.69 Å². The van der Waals surface area contributed by atoms with Crippen LogP contribution in [0.4, 0.5) is 5.69 Å². The molecule has 0 unspecified atom stereocenters. The molecule has 3 aromatic carbocycles. The highest BCUT2D eigenvalue weighted by molar-refractivity contribution is 7.89. The number of carbonyl (C=O) groups is 2. The molecule has 8 nitrogen and oxygen atoms in total. The van der Waals surface area contributed by atoms with Crippen molar-refractivity contribution < 1.29 is 27.5 Å². The number of methoxy groups -OCH3 is 2. The SMILES string of the molecule is COC(=O)c1ccc(NC(=O)[C@@H](Cc2ccccc2)NS(=O)(=O)c2cc(C)ccc2OC)cc1. The van der Waals surface area contributed by atoms with E-state index in [-0.39, 0.29) is 17.1 Å². The molecule has 0 aliphatic heterocycles. The van der Waals surface area contributed by atoms with Crippen molar-refractivity contribution in [2.45, 2.75) is 24.3 Å². The molecule has 0 aliphatic carbocycles. The first kappa shape index (κ1) is 24.9. The van der Waals surface area contributed by atoms with Crippen LogP contribution in [0.3, 0.4) is 0 Å². The zero-order chi connectivity index (χ0) is 24.7. The zero-order valence-corrected chi connectivity index (χ0v) is 19.9. The predicted molar refractivity (Wildman–Crippen MR) is 128 cm³/mol. The van der Waals surface area contributed by atoms with Gasteiger partial charge in [-0.1, -0.05) is 36.4 Å². The molecule has 0 aromatic heterocycles. The average Bonchev–Trinajstić information content (AvgIpc) is 2.84. The van der Waals surface area contributed by atoms with Gasteiger partial charge in [0.05, 0.1) is 19.8 Å². The molecule has 34 heavy (non-hydrogen) atoms. The number of carbonyl (C=O) groups excluding carboxylic acids is 2. The van der Waals surface area contributed by atoms with E-state index in [1.54, 1.807) is 31.2 Å². The summed E-state index contributed by atoms with van der Waals surface area (Å²) in [5, 5.41) is 2.71. The van der Waals surface area contributed by atoms with Crippen LogP contribution < -0.4 is 14.8 Å². The summed E-state index contributed by atoms with van der Waals surface area (Å²) in [6.07, 6.45) is 0.125. The maximum atomic E-state index is 13.3. The minimum absolute atomic E-state index is 0.0525. The molecule has 2 N–H and O–H groups in total. The first-order valence-corrected chi connectivity index (χ1v) is 11.9. The van der Waals surface area contributed by atoms with Crippen LogP contribution in [-0.4, -0.2) is 40.6 Å². The molecule has 1 amide bonds. The third kappa shape index (κ3) is 6.21. The van der Waals surface area contributed by atoms with Crippen LogP contribution in [-0.2, 0) is 26.0 Å². The number of hydrogen-bond acceptors (Lipinski definition) is 6. The number of anilines is 1. The Morgan fingerprint density at radius 2 is 1.62 bits per heavy atom. The third-order valence-corrected chi connectivity index (χ3v) is 6.57. The molecule has 0 bridgehead atoms. The molecule has 0 saturated heterocycles. The summed E-state index contributed by atoms with van der Waals surface area (Å²) in [4.78, 5) is 24.7. The number of benzene rings is 3. The zero-order valence-electron chi connectivity index (χ0n) is 19.1. The van der Waals surface area contributed by atoms with Crippen LogP contribution in [0.15, 0.2) is 77.7 Å². The van der Waals surface area contributed by atoms with E-state index < -0.39 is 27.9 Å². The lowest BCUT2D eigenvalue weighted by atomic mass is 10.1. The van der Waals surface area contributed by atoms with E-state index >= 15 is 0 Å². The Bertz CT molecular complexity index is 1260. The van der Waals surface area contributed by atoms with Crippen molar-refractivity contribution in [3.05, 3.63) is 89.5 Å². The monoisotopic (exact) mass is 482 g/mol. The molecule has 0 radical (unpaired) electrons. The number of esters is 1. The second-order valence-corrected chi connectivity index (χ2v) is 9.26. The van der Waals surface area contributed by atoms with Gasteiger partial charge in [-0.3, -0.25) is 4.79 Å². The molecule has 1 atom stereocenters. The van der Waals surface area contributed by atoms with Crippen LogP contribution in [0.2, 0.25) is 0 Å². The maximum absolute atomic E-state index is 13.3. The van der Waals surface area contributed by atoms with Gasteiger partial charge in [0.2, 0.25) is 15.9 Å². The van der Waals surface area contributed by atoms with E-state index in [2.05, 4.69) is 14.8 Å². The van der Waals surface area contributed by atoms with Crippen molar-refractivity contribution in [2.24, 2.45) is 0 Å². The van der Waals surface area contributed by atoms with Gasteiger partial charge in [-0.25, -0.2) is 13.2 Å². The van der Waals surface area contributed by atoms with Crippen molar-refractivity contribution in [1.29, 1.82) is 0 Å². The Hall–Kier alpha value is -3.69. The van der Waals surface area contributed by atoms with E-state index in [1.165, 1.54) is 32.4 Å². The second kappa shape index (κ2) is 11.0. The van der Waals surface area contributed by atoms with Gasteiger partial charge in [0.15, 0.2) is 0 Å². The van der Waals surface area contributed by atoms with E-state index in [9.17, 15) is 18.0 Å². The van der Waals surface area contributed by atoms with E-state index in [4.69, 9.17) is 4.74 Å². The van der Waals surface area contributed by atoms with E-state index in [0.29, 0.717) is 11.3 Å². The number of ether oxygens (including phenoxy) is 2. The van der Waals surface area contributed by atoms with Crippen LogP contribution in [0, 0.1) is 6.92 Å². The fourth-order valence-corrected chi connectivity index (χ4v) is 4.77. The summed E-state index contributed by atoms with van der Waals surface area (Å²) in [5.41, 5.74) is 2.25. The summed E-state index contributed by atoms with van der Waals surface area (Å²) in [5.74, 6) is -0.875. The van der Waals surface area contributed by atoms with Crippen LogP contribution in [0.1, 0.15) is 21.5 Å². The highest BCUT2D eigenvalue weighted by Gasteiger charge is 2.28. The van der Waals surface area contributed by atoms with Crippen molar-refractivity contribution in [2.75, 3.05) is 19.5 Å². The maximum Gasteiger partial charge on any atom is 0.337 e. The number of nitrogens with one attached hydrogen (secondary N) is 2. The molecule has 9 heteroatoms. The lowest BCUT2D eigenvalue weighted by Crippen LogP contribution is -2.45. The van der Waals surface area contributed by atoms with Gasteiger partial charge in [-0.15, -0.1) is 0 Å². The topological polar surface area (TPSA) is 111 Å². The van der Waals surface area contributed by atoms with Gasteiger partial charge >= 0.3 is 5.97 Å². The Morgan fingerprint density at radius 3 is 2.24 bits per heavy atom. The highest BCUT2D eigenvalue weighted by Crippen LogP contribution is 2.25. The van der Waals surface area contributed by atoms with Crippen LogP contribution >= 0.6 is 0 Å². The minimum Gasteiger partial charge on any atom is -0.495 e. The number of aryl methyl sites for hydroxylation is 1. The fourth-order valence-electron chi connectivity index (χ4n) is 3.32. The Labute approximate surface area is 199 Å². The number of hydrogen-bond donors (Lipinski definition) is 2. The predicted octanol–water partition coefficient (Wildman–Crippen LogP) is 3.32. The number of amides is 1. The van der Waals surface area contributed by atoms with Gasteiger partial charge in [-0.05, 0) is 60.9 Å². The first-order chi connectivity index (χ1) is 16.2. The van der Waals surface area contributed by atoms with Crippen molar-refractivity contribution in [1.82, 2.24) is 4.72 Å². The Morgan fingerprint density at radius 1 is 0.941 bits per heavy atom. The van der Waals surface area contributed by atoms with Crippen molar-refractivity contribution in [3.8, 4) is 5.75 Å². The third-order valence-electron chi connectivity index (χ3n) is 5.08. The summed E-state index contributed by atoms with van der Waals surface area (Å²) in [6.45, 7) is 1.77. The Balaban J connectivity index is 1.88. The second-order valence-electron chi connectivity index (χ2n) is 7.58. The standard InChI is InChI=1S/C25H26N2O6S/c1-17-9-14-22(32-2)23(15-17)34(30,31)27-21(16-18-7-5-4-6-8-18)24(28)26-20-12-10-19(11-13-20)25(29)33-3/h4-15,21,27H,16H2,1-3H3,(H,26,28)/t21-/m1/s1. The average molecular weight is 483 g/mol. The van der Waals surface area contributed by atoms with Crippen molar-refractivity contribution in [3.63, 3.8) is 0 Å². The molecule has 3 rings (SSSR count). The lowest BCUT2D eigenvalue weighted by molar-refractivity contribution is -0.117. The molecule has 0 spiro atoms. The Kier molecular flexibility index (Phi) is 8.04. The lowest BCUT2D eigenvalue weighted by Gasteiger charge is -2.20. The first-order valence-electron chi connectivity index (χ1n) is 10.4. The van der Waals surface area contributed by atoms with Crippen molar-refractivity contribution >= 4 is 27.6 Å². The van der Waals surface area contributed by atoms with Gasteiger partial charge in [-0.2, -0.15) is 4.72 Å². The molecule has 0 fully saturated rings. The molecule has 0 aliphatic rings. The highest BCUT2D eigenvalue weighted by atomic mass is 32.2. The van der Waals surface area contributed by atoms with E-state index in [0.717, 1.165) is 11.1 Å². The fraction of sp³-hybridized carbons (Fsp3) is 0.200. The summed E-state index contributed by atoms with van der Waals surface area (Å²) in [6, 6.07) is 18.9. The molecule has 0 saturated carbocycles. The van der Waals surface area contributed by atoms with E-state index in [1.807, 2.05) is 30.3 Å². The van der Waals surface area contributed by atoms with Gasteiger partial charge in [0.25, 0.3) is 0 Å². The molecule has 0 heterocycles. The summed E-state index contributed by atoms with van der Waals surface area (Å²) in [7, 11) is -1.44. The quantitative estimate of drug-likeness (QED) is 0.453. The van der Waals surface area contributed by atoms with Gasteiger partial charge in [0.1, 0.15) is 16.7 Å². The van der Waals surface area contributed by atoms with Crippen LogP contribution in [0.5, 0.6) is 5.75 Å². The molecule has 3 aromatic rings. The molecular weight excluding hydrogens is 456 g/mol. The normalized spacial score (nSPS) is 12.0. The van der Waals surface area contributed by atoms with Crippen LogP contribution in [0.25, 0.3) is 0 Å². The molecular formula is C25H26N2O6S. The minimum atomic E-state index is -4.10. The van der Waals surface area contributed by atoms with Gasteiger partial charge < -0.3 is 14.8 Å². The summed E-state index contributed by atoms with van der Waals surface area (Å²) >= 11 is 0. The smallest absolute Gasteiger partial charge is 0.337 e. The number of sulfonamides is 1. The summed E-state index contributed by atoms with van der Waals surface area (Å²) < 4.78 is 38.9. The molecule has 178 valence electrons. The number of rotatable bonds is 9.